The molecule has 0 spiro atoms. The minimum absolute atomic E-state index is 0.0678. The van der Waals surface area contributed by atoms with Gasteiger partial charge in [-0.15, -0.1) is 11.3 Å². The van der Waals surface area contributed by atoms with Gasteiger partial charge in [-0.1, -0.05) is 12.1 Å². The van der Waals surface area contributed by atoms with E-state index in [0.29, 0.717) is 10.7 Å². The van der Waals surface area contributed by atoms with Crippen LogP contribution in [-0.4, -0.2) is 10.9 Å². The first-order valence-electron chi connectivity index (χ1n) is 5.27. The molecule has 6 heteroatoms. The van der Waals surface area contributed by atoms with Gasteiger partial charge < -0.3 is 0 Å². The summed E-state index contributed by atoms with van der Waals surface area (Å²) in [6.45, 7) is 0. The largest absolute Gasteiger partial charge is 0.297 e. The lowest BCUT2D eigenvalue weighted by Crippen LogP contribution is -2.13. The maximum absolute atomic E-state index is 12.7. The van der Waals surface area contributed by atoms with Crippen molar-refractivity contribution < 1.29 is 9.18 Å². The van der Waals surface area contributed by atoms with E-state index in [2.05, 4.69) is 10.3 Å². The summed E-state index contributed by atoms with van der Waals surface area (Å²) < 4.78 is 12.7. The minimum atomic E-state index is -0.540. The van der Waals surface area contributed by atoms with Crippen molar-refractivity contribution in [1.29, 1.82) is 5.26 Å². The van der Waals surface area contributed by atoms with Crippen LogP contribution in [0.3, 0.4) is 0 Å². The number of thiazole rings is 1. The van der Waals surface area contributed by atoms with E-state index in [4.69, 9.17) is 5.26 Å². The fourth-order valence-electron chi connectivity index (χ4n) is 1.32. The van der Waals surface area contributed by atoms with Crippen LogP contribution < -0.4 is 5.32 Å². The highest BCUT2D eigenvalue weighted by atomic mass is 32.1. The van der Waals surface area contributed by atoms with Gasteiger partial charge in [0.1, 0.15) is 17.5 Å². The monoisotopic (exact) mass is 273 g/mol. The number of hydrogen-bond donors (Lipinski definition) is 1. The number of nitrogens with zero attached hydrogens (tertiary/aromatic N) is 2. The molecule has 0 fully saturated rings. The highest BCUT2D eigenvalue weighted by Crippen LogP contribution is 2.13. The maximum Gasteiger partial charge on any atom is 0.268 e. The van der Waals surface area contributed by atoms with E-state index in [1.807, 2.05) is 6.07 Å². The zero-order chi connectivity index (χ0) is 13.7. The normalized spacial score (nSPS) is 10.8. The first-order chi connectivity index (χ1) is 9.19. The average Bonchev–Trinajstić information content (AvgIpc) is 2.90. The molecule has 0 saturated heterocycles. The number of rotatable bonds is 3. The van der Waals surface area contributed by atoms with Gasteiger partial charge in [-0.05, 0) is 23.8 Å². The highest BCUT2D eigenvalue weighted by Gasteiger charge is 2.10. The van der Waals surface area contributed by atoms with E-state index in [9.17, 15) is 9.18 Å². The maximum atomic E-state index is 12.7. The molecule has 0 saturated carbocycles. The molecule has 1 aromatic heterocycles. The molecule has 0 aliphatic rings. The predicted molar refractivity (Wildman–Crippen MR) is 70.7 cm³/mol. The van der Waals surface area contributed by atoms with Gasteiger partial charge in [-0.3, -0.25) is 10.1 Å². The Hall–Kier alpha value is -2.52. The smallest absolute Gasteiger partial charge is 0.268 e. The standard InChI is InChI=1S/C13H8FN3OS/c14-11-3-1-9(2-4-11)7-10(8-15)12(18)17-13-16-5-6-19-13/h1-7H,(H,16,17,18). The molecule has 1 aromatic carbocycles. The Morgan fingerprint density at radius 2 is 2.16 bits per heavy atom. The predicted octanol–water partition coefficient (Wildman–Crippen LogP) is 2.83. The number of aromatic nitrogens is 1. The summed E-state index contributed by atoms with van der Waals surface area (Å²) in [6.07, 6.45) is 2.94. The highest BCUT2D eigenvalue weighted by molar-refractivity contribution is 7.13. The van der Waals surface area contributed by atoms with Gasteiger partial charge in [0.2, 0.25) is 0 Å². The molecule has 1 amide bonds. The molecule has 0 bridgehead atoms. The van der Waals surface area contributed by atoms with E-state index >= 15 is 0 Å². The van der Waals surface area contributed by atoms with Crippen LogP contribution >= 0.6 is 11.3 Å². The zero-order valence-corrected chi connectivity index (χ0v) is 10.4. The molecule has 19 heavy (non-hydrogen) atoms. The van der Waals surface area contributed by atoms with Gasteiger partial charge in [0.15, 0.2) is 5.13 Å². The van der Waals surface area contributed by atoms with E-state index in [1.165, 1.54) is 41.7 Å². The molecule has 1 heterocycles. The summed E-state index contributed by atoms with van der Waals surface area (Å²) in [5.41, 5.74) is 0.508. The van der Waals surface area contributed by atoms with Gasteiger partial charge in [0.25, 0.3) is 5.91 Å². The van der Waals surface area contributed by atoms with Crippen LogP contribution in [0, 0.1) is 17.1 Å². The number of nitriles is 1. The minimum Gasteiger partial charge on any atom is -0.297 e. The summed E-state index contributed by atoms with van der Waals surface area (Å²) in [5.74, 6) is -0.912. The van der Waals surface area contributed by atoms with Crippen LogP contribution in [0.1, 0.15) is 5.56 Å². The third kappa shape index (κ3) is 3.47. The van der Waals surface area contributed by atoms with Gasteiger partial charge in [0.05, 0.1) is 0 Å². The van der Waals surface area contributed by atoms with Crippen molar-refractivity contribution in [3.8, 4) is 6.07 Å². The molecular weight excluding hydrogens is 265 g/mol. The summed E-state index contributed by atoms with van der Waals surface area (Å²) in [6, 6.07) is 7.32. The van der Waals surface area contributed by atoms with E-state index in [0.717, 1.165) is 0 Å². The lowest BCUT2D eigenvalue weighted by atomic mass is 10.1. The first-order valence-corrected chi connectivity index (χ1v) is 6.15. The van der Waals surface area contributed by atoms with Crippen molar-refractivity contribution in [2.75, 3.05) is 5.32 Å². The Kier molecular flexibility index (Phi) is 4.00. The second-order valence-electron chi connectivity index (χ2n) is 3.51. The van der Waals surface area contributed by atoms with Gasteiger partial charge in [-0.25, -0.2) is 9.37 Å². The molecule has 2 rings (SSSR count). The Morgan fingerprint density at radius 3 is 2.74 bits per heavy atom. The van der Waals surface area contributed by atoms with Crippen LogP contribution in [0.4, 0.5) is 9.52 Å². The molecule has 4 nitrogen and oxygen atoms in total. The van der Waals surface area contributed by atoms with E-state index in [-0.39, 0.29) is 11.4 Å². The average molecular weight is 273 g/mol. The Morgan fingerprint density at radius 1 is 1.42 bits per heavy atom. The van der Waals surface area contributed by atoms with Crippen molar-refractivity contribution >= 4 is 28.5 Å². The number of carbonyl (C=O) groups excluding carboxylic acids is 1. The molecule has 2 aromatic rings. The number of nitrogens with one attached hydrogen (secondary N) is 1. The van der Waals surface area contributed by atoms with Crippen molar-refractivity contribution in [2.45, 2.75) is 0 Å². The molecule has 0 aliphatic heterocycles. The Labute approximate surface area is 112 Å². The number of anilines is 1. The fraction of sp³-hybridized carbons (Fsp3) is 0. The molecule has 0 atom stereocenters. The lowest BCUT2D eigenvalue weighted by molar-refractivity contribution is -0.112. The topological polar surface area (TPSA) is 65.8 Å². The quantitative estimate of drug-likeness (QED) is 0.690. The number of amides is 1. The van der Waals surface area contributed by atoms with Crippen molar-refractivity contribution in [2.24, 2.45) is 0 Å². The summed E-state index contributed by atoms with van der Waals surface area (Å²) >= 11 is 1.26. The summed E-state index contributed by atoms with van der Waals surface area (Å²) in [7, 11) is 0. The van der Waals surface area contributed by atoms with E-state index < -0.39 is 5.91 Å². The van der Waals surface area contributed by atoms with Gasteiger partial charge >= 0.3 is 0 Å². The molecule has 0 radical (unpaired) electrons. The van der Waals surface area contributed by atoms with Crippen LogP contribution in [0.15, 0.2) is 41.4 Å². The molecule has 0 aliphatic carbocycles. The molecule has 0 unspecified atom stereocenters. The van der Waals surface area contributed by atoms with Crippen LogP contribution in [-0.2, 0) is 4.79 Å². The van der Waals surface area contributed by atoms with E-state index in [1.54, 1.807) is 11.6 Å². The summed E-state index contributed by atoms with van der Waals surface area (Å²) in [4.78, 5) is 15.7. The second kappa shape index (κ2) is 5.89. The van der Waals surface area contributed by atoms with Crippen LogP contribution in [0.5, 0.6) is 0 Å². The van der Waals surface area contributed by atoms with Crippen LogP contribution in [0.25, 0.3) is 6.08 Å². The van der Waals surface area contributed by atoms with Crippen LogP contribution in [0.2, 0.25) is 0 Å². The first kappa shape index (κ1) is 12.9. The second-order valence-corrected chi connectivity index (χ2v) is 4.41. The Bertz CT molecular complexity index is 642. The Balaban J connectivity index is 2.17. The van der Waals surface area contributed by atoms with Gasteiger partial charge in [0, 0.05) is 11.6 Å². The zero-order valence-electron chi connectivity index (χ0n) is 9.63. The third-order valence-electron chi connectivity index (χ3n) is 2.20. The molecule has 94 valence electrons. The number of hydrogen-bond acceptors (Lipinski definition) is 4. The number of carbonyl (C=O) groups is 1. The molecular formula is C13H8FN3OS. The third-order valence-corrected chi connectivity index (χ3v) is 2.89. The van der Waals surface area contributed by atoms with Gasteiger partial charge in [-0.2, -0.15) is 5.26 Å². The lowest BCUT2D eigenvalue weighted by Gasteiger charge is -2.00. The van der Waals surface area contributed by atoms with Crippen molar-refractivity contribution in [3.05, 3.63) is 52.8 Å². The number of halogens is 1. The van der Waals surface area contributed by atoms with Crippen molar-refractivity contribution in [1.82, 2.24) is 4.98 Å². The SMILES string of the molecule is N#CC(=Cc1ccc(F)cc1)C(=O)Nc1nccs1. The fourth-order valence-corrected chi connectivity index (χ4v) is 1.85. The molecule has 1 N–H and O–H groups in total. The summed E-state index contributed by atoms with van der Waals surface area (Å²) in [5, 5.41) is 13.6. The number of benzene rings is 1. The van der Waals surface area contributed by atoms with Crippen molar-refractivity contribution in [3.63, 3.8) is 0 Å².